The van der Waals surface area contributed by atoms with Crippen LogP contribution in [0.25, 0.3) is 0 Å². The third-order valence-electron chi connectivity index (χ3n) is 3.43. The molecule has 2 rings (SSSR count). The van der Waals surface area contributed by atoms with E-state index in [0.717, 1.165) is 6.07 Å². The Kier molecular flexibility index (Phi) is 4.74. The van der Waals surface area contributed by atoms with Gasteiger partial charge in [-0.2, -0.15) is 18.3 Å². The number of carbonyl (C=O) groups is 1. The van der Waals surface area contributed by atoms with E-state index in [2.05, 4.69) is 5.10 Å². The molecule has 0 saturated heterocycles. The van der Waals surface area contributed by atoms with Crippen molar-refractivity contribution in [2.45, 2.75) is 18.8 Å². The molecule has 23 heavy (non-hydrogen) atoms. The van der Waals surface area contributed by atoms with Crippen LogP contribution in [-0.2, 0) is 24.6 Å². The van der Waals surface area contributed by atoms with Crippen molar-refractivity contribution in [1.82, 2.24) is 14.7 Å². The Morgan fingerprint density at radius 3 is 2.57 bits per heavy atom. The number of rotatable bonds is 5. The molecule has 0 aliphatic carbocycles. The van der Waals surface area contributed by atoms with E-state index in [1.165, 1.54) is 30.1 Å². The largest absolute Gasteiger partial charge is 0.480 e. The fourth-order valence-corrected chi connectivity index (χ4v) is 2.49. The summed E-state index contributed by atoms with van der Waals surface area (Å²) in [6.07, 6.45) is -1.38. The van der Waals surface area contributed by atoms with Crippen molar-refractivity contribution in [3.05, 3.63) is 53.3 Å². The maximum absolute atomic E-state index is 13.1. The van der Waals surface area contributed by atoms with E-state index in [9.17, 15) is 23.1 Å². The molecule has 0 aliphatic heterocycles. The Labute approximate surface area is 130 Å². The molecule has 0 saturated carbocycles. The molecule has 124 valence electrons. The zero-order valence-corrected chi connectivity index (χ0v) is 12.6. The van der Waals surface area contributed by atoms with Gasteiger partial charge in [0.15, 0.2) is 0 Å². The Morgan fingerprint density at radius 2 is 2.04 bits per heavy atom. The number of carboxylic acid groups (broad SMARTS) is 1. The zero-order chi connectivity index (χ0) is 17.2. The van der Waals surface area contributed by atoms with Crippen LogP contribution in [0.2, 0.25) is 0 Å². The highest BCUT2D eigenvalue weighted by Gasteiger charge is 2.38. The molecule has 0 amide bonds. The Balaban J connectivity index is 2.37. The maximum atomic E-state index is 13.1. The van der Waals surface area contributed by atoms with Crippen molar-refractivity contribution in [1.29, 1.82) is 0 Å². The summed E-state index contributed by atoms with van der Waals surface area (Å²) in [7, 11) is 3.18. The van der Waals surface area contributed by atoms with Crippen LogP contribution in [-0.4, -0.2) is 32.8 Å². The van der Waals surface area contributed by atoms with Gasteiger partial charge in [0.1, 0.15) is 6.04 Å². The molecule has 2 aromatic rings. The zero-order valence-electron chi connectivity index (χ0n) is 12.6. The highest BCUT2D eigenvalue weighted by molar-refractivity contribution is 5.76. The quantitative estimate of drug-likeness (QED) is 0.917. The molecular weight excluding hydrogens is 311 g/mol. The van der Waals surface area contributed by atoms with Gasteiger partial charge in [-0.25, -0.2) is 0 Å². The van der Waals surface area contributed by atoms with Gasteiger partial charge in [0.05, 0.1) is 11.8 Å². The lowest BCUT2D eigenvalue weighted by Gasteiger charge is -2.26. The summed E-state index contributed by atoms with van der Waals surface area (Å²) in [4.78, 5) is 12.9. The summed E-state index contributed by atoms with van der Waals surface area (Å²) < 4.78 is 41.0. The number of hydrogen-bond acceptors (Lipinski definition) is 3. The molecule has 1 N–H and O–H groups in total. The monoisotopic (exact) mass is 327 g/mol. The molecule has 0 fully saturated rings. The lowest BCUT2D eigenvalue weighted by Crippen LogP contribution is -2.32. The molecule has 0 radical (unpaired) electrons. The van der Waals surface area contributed by atoms with Gasteiger partial charge in [-0.15, -0.1) is 0 Å². The third kappa shape index (κ3) is 3.89. The van der Waals surface area contributed by atoms with Crippen LogP contribution in [0.3, 0.4) is 0 Å². The van der Waals surface area contributed by atoms with E-state index in [1.807, 2.05) is 0 Å². The van der Waals surface area contributed by atoms with Crippen LogP contribution in [0.4, 0.5) is 13.2 Å². The first kappa shape index (κ1) is 17.0. The van der Waals surface area contributed by atoms with Crippen LogP contribution in [0.15, 0.2) is 36.7 Å². The summed E-state index contributed by atoms with van der Waals surface area (Å²) in [5.41, 5.74) is -0.505. The summed E-state index contributed by atoms with van der Waals surface area (Å²) >= 11 is 0. The second-order valence-corrected chi connectivity index (χ2v) is 5.26. The predicted octanol–water partition coefficient (Wildman–Crippen LogP) is 2.70. The first-order chi connectivity index (χ1) is 10.7. The van der Waals surface area contributed by atoms with E-state index in [0.29, 0.717) is 5.56 Å². The van der Waals surface area contributed by atoms with E-state index in [4.69, 9.17) is 0 Å². The number of aromatic nitrogens is 2. The fraction of sp³-hybridized carbons (Fsp3) is 0.333. The van der Waals surface area contributed by atoms with Crippen molar-refractivity contribution in [2.75, 3.05) is 7.05 Å². The second-order valence-electron chi connectivity index (χ2n) is 5.26. The van der Waals surface area contributed by atoms with E-state index < -0.39 is 23.8 Å². The Morgan fingerprint density at radius 1 is 1.39 bits per heavy atom. The molecule has 0 bridgehead atoms. The second kappa shape index (κ2) is 6.41. The predicted molar refractivity (Wildman–Crippen MR) is 76.5 cm³/mol. The van der Waals surface area contributed by atoms with Gasteiger partial charge in [-0.05, 0) is 18.7 Å². The first-order valence-electron chi connectivity index (χ1n) is 6.77. The molecular formula is C15H16F3N3O2. The topological polar surface area (TPSA) is 58.4 Å². The third-order valence-corrected chi connectivity index (χ3v) is 3.43. The maximum Gasteiger partial charge on any atom is 0.416 e. The highest BCUT2D eigenvalue weighted by Crippen LogP contribution is 2.36. The standard InChI is InChI=1S/C15H16F3N3O2/c1-20(8-10-7-19-21(2)9-10)13(14(22)23)11-5-3-4-6-12(11)15(16,17)18/h3-7,9,13H,8H2,1-2H3,(H,22,23). The first-order valence-corrected chi connectivity index (χ1v) is 6.77. The lowest BCUT2D eigenvalue weighted by atomic mass is 9.98. The Hall–Kier alpha value is -2.35. The van der Waals surface area contributed by atoms with Crippen LogP contribution in [0.1, 0.15) is 22.7 Å². The van der Waals surface area contributed by atoms with Crippen molar-refractivity contribution in [3.63, 3.8) is 0 Å². The van der Waals surface area contributed by atoms with Crippen LogP contribution >= 0.6 is 0 Å². The summed E-state index contributed by atoms with van der Waals surface area (Å²) in [6.45, 7) is 0.164. The van der Waals surface area contributed by atoms with Crippen LogP contribution in [0, 0.1) is 0 Å². The van der Waals surface area contributed by atoms with Crippen molar-refractivity contribution < 1.29 is 23.1 Å². The highest BCUT2D eigenvalue weighted by atomic mass is 19.4. The Bertz CT molecular complexity index is 697. The number of halogens is 3. The lowest BCUT2D eigenvalue weighted by molar-refractivity contribution is -0.145. The van der Waals surface area contributed by atoms with E-state index in [1.54, 1.807) is 24.1 Å². The van der Waals surface area contributed by atoms with Gasteiger partial charge >= 0.3 is 12.1 Å². The van der Waals surface area contributed by atoms with Crippen molar-refractivity contribution in [3.8, 4) is 0 Å². The van der Waals surface area contributed by atoms with Gasteiger partial charge in [-0.3, -0.25) is 14.4 Å². The fourth-order valence-electron chi connectivity index (χ4n) is 2.49. The molecule has 0 aliphatic rings. The molecule has 1 aromatic heterocycles. The molecule has 0 spiro atoms. The van der Waals surface area contributed by atoms with Crippen LogP contribution in [0.5, 0.6) is 0 Å². The number of carboxylic acids is 1. The number of aliphatic carboxylic acids is 1. The van der Waals surface area contributed by atoms with Gasteiger partial charge in [0.2, 0.25) is 0 Å². The summed E-state index contributed by atoms with van der Waals surface area (Å²) in [5, 5.41) is 13.4. The van der Waals surface area contributed by atoms with Gasteiger partial charge in [0.25, 0.3) is 0 Å². The summed E-state index contributed by atoms with van der Waals surface area (Å²) in [6, 6.07) is 3.32. The minimum absolute atomic E-state index is 0.164. The van der Waals surface area contributed by atoms with Crippen LogP contribution < -0.4 is 0 Å². The number of nitrogens with zero attached hydrogens (tertiary/aromatic N) is 3. The van der Waals surface area contributed by atoms with E-state index in [-0.39, 0.29) is 12.1 Å². The smallest absolute Gasteiger partial charge is 0.416 e. The van der Waals surface area contributed by atoms with E-state index >= 15 is 0 Å². The number of hydrogen-bond donors (Lipinski definition) is 1. The van der Waals surface area contributed by atoms with Crippen molar-refractivity contribution in [2.24, 2.45) is 7.05 Å². The number of aryl methyl sites for hydroxylation is 1. The molecule has 1 atom stereocenters. The minimum atomic E-state index is -4.61. The average Bonchev–Trinajstić information content (AvgIpc) is 2.83. The van der Waals surface area contributed by atoms with Gasteiger partial charge in [-0.1, -0.05) is 18.2 Å². The summed E-state index contributed by atoms with van der Waals surface area (Å²) in [5.74, 6) is -1.34. The molecule has 1 heterocycles. The normalized spacial score (nSPS) is 13.3. The number of alkyl halides is 3. The average molecular weight is 327 g/mol. The van der Waals surface area contributed by atoms with Gasteiger partial charge in [0, 0.05) is 25.4 Å². The minimum Gasteiger partial charge on any atom is -0.480 e. The van der Waals surface area contributed by atoms with Crippen molar-refractivity contribution >= 4 is 5.97 Å². The number of likely N-dealkylation sites (N-methyl/N-ethyl adjacent to an activating group) is 1. The number of benzene rings is 1. The SMILES string of the molecule is CN(Cc1cnn(C)c1)C(C(=O)O)c1ccccc1C(F)(F)F. The molecule has 8 heteroatoms. The molecule has 5 nitrogen and oxygen atoms in total. The molecule has 1 aromatic carbocycles. The van der Waals surface area contributed by atoms with Gasteiger partial charge < -0.3 is 5.11 Å². The molecule has 1 unspecified atom stereocenters.